The minimum Gasteiger partial charge on any atom is -0.461 e. The summed E-state index contributed by atoms with van der Waals surface area (Å²) in [6.07, 6.45) is 2.18. The fraction of sp³-hybridized carbons (Fsp3) is 0.562. The Bertz CT molecular complexity index is 956. The summed E-state index contributed by atoms with van der Waals surface area (Å²) < 4.78 is 66.6. The van der Waals surface area contributed by atoms with Gasteiger partial charge in [0.2, 0.25) is 5.82 Å². The lowest BCUT2D eigenvalue weighted by atomic mass is 9.98. The SMILES string of the molecule is CN=C(NCc1nc(-c2ccco2)n[nH]1)NCC1CCN(S(=O)(=O)C(F)(F)F)CC1.I. The smallest absolute Gasteiger partial charge is 0.461 e. The van der Waals surface area contributed by atoms with E-state index in [-0.39, 0.29) is 43.0 Å². The summed E-state index contributed by atoms with van der Waals surface area (Å²) in [6.45, 7) is 0.449. The third kappa shape index (κ3) is 6.31. The summed E-state index contributed by atoms with van der Waals surface area (Å²) in [5.41, 5.74) is -5.26. The van der Waals surface area contributed by atoms with Gasteiger partial charge >= 0.3 is 15.5 Å². The molecule has 10 nitrogen and oxygen atoms in total. The highest BCUT2D eigenvalue weighted by Gasteiger charge is 2.50. The summed E-state index contributed by atoms with van der Waals surface area (Å²) in [5, 5.41) is 13.0. The van der Waals surface area contributed by atoms with E-state index < -0.39 is 15.5 Å². The standard InChI is InChI=1S/C16H22F3N7O3S.HI/c1-20-15(22-10-13-23-14(25-24-13)12-3-2-8-29-12)21-9-11-4-6-26(7-5-11)30(27,28)16(17,18)19;/h2-3,8,11H,4-7,9-10H2,1H3,(H2,20,21,22)(H,23,24,25);1H. The second-order valence-electron chi connectivity index (χ2n) is 6.68. The monoisotopic (exact) mass is 577 g/mol. The topological polar surface area (TPSA) is 129 Å². The van der Waals surface area contributed by atoms with Crippen molar-refractivity contribution in [2.24, 2.45) is 10.9 Å². The van der Waals surface area contributed by atoms with Crippen LogP contribution in [0.3, 0.4) is 0 Å². The zero-order valence-electron chi connectivity index (χ0n) is 16.5. The summed E-state index contributed by atoms with van der Waals surface area (Å²) >= 11 is 0. The molecule has 174 valence electrons. The zero-order valence-corrected chi connectivity index (χ0v) is 19.7. The van der Waals surface area contributed by atoms with Crippen LogP contribution in [-0.4, -0.2) is 66.1 Å². The lowest BCUT2D eigenvalue weighted by Crippen LogP contribution is -2.47. The molecule has 0 aromatic carbocycles. The molecule has 0 spiro atoms. The number of hydrogen-bond acceptors (Lipinski definition) is 6. The Kier molecular flexibility index (Phi) is 8.70. The summed E-state index contributed by atoms with van der Waals surface area (Å²) in [4.78, 5) is 8.39. The van der Waals surface area contributed by atoms with Crippen molar-refractivity contribution in [3.05, 3.63) is 24.2 Å². The molecule has 3 N–H and O–H groups in total. The zero-order chi connectivity index (χ0) is 21.8. The molecule has 0 amide bonds. The number of H-pyrrole nitrogens is 1. The predicted octanol–water partition coefficient (Wildman–Crippen LogP) is 1.91. The van der Waals surface area contributed by atoms with E-state index in [1.54, 1.807) is 19.2 Å². The van der Waals surface area contributed by atoms with Gasteiger partial charge in [-0.1, -0.05) is 0 Å². The molecule has 1 fully saturated rings. The predicted molar refractivity (Wildman–Crippen MR) is 117 cm³/mol. The molecular weight excluding hydrogens is 554 g/mol. The first-order chi connectivity index (χ1) is 14.2. The Hall–Kier alpha value is -1.88. The average molecular weight is 577 g/mol. The Labute approximate surface area is 194 Å². The van der Waals surface area contributed by atoms with Gasteiger partial charge in [0.25, 0.3) is 0 Å². The van der Waals surface area contributed by atoms with Crippen LogP contribution in [0.15, 0.2) is 27.8 Å². The highest BCUT2D eigenvalue weighted by atomic mass is 127. The summed E-state index contributed by atoms with van der Waals surface area (Å²) in [5.74, 6) is 2.05. The fourth-order valence-corrected chi connectivity index (χ4v) is 4.00. The number of aliphatic imine (C=N–C) groups is 1. The van der Waals surface area contributed by atoms with Crippen molar-refractivity contribution in [1.29, 1.82) is 0 Å². The van der Waals surface area contributed by atoms with Crippen molar-refractivity contribution in [3.63, 3.8) is 0 Å². The third-order valence-electron chi connectivity index (χ3n) is 4.68. The number of aromatic amines is 1. The van der Waals surface area contributed by atoms with E-state index in [1.807, 2.05) is 0 Å². The number of furan rings is 1. The lowest BCUT2D eigenvalue weighted by molar-refractivity contribution is -0.0496. The minimum atomic E-state index is -5.26. The Balaban J connectivity index is 0.00000341. The maximum Gasteiger partial charge on any atom is 0.511 e. The van der Waals surface area contributed by atoms with E-state index in [0.717, 1.165) is 0 Å². The number of nitrogens with zero attached hydrogens (tertiary/aromatic N) is 4. The second kappa shape index (κ2) is 10.6. The maximum atomic E-state index is 12.6. The van der Waals surface area contributed by atoms with Crippen LogP contribution in [-0.2, 0) is 16.6 Å². The van der Waals surface area contributed by atoms with Gasteiger partial charge in [-0.25, -0.2) is 13.4 Å². The normalized spacial score (nSPS) is 16.7. The minimum absolute atomic E-state index is 0. The van der Waals surface area contributed by atoms with E-state index in [2.05, 4.69) is 30.8 Å². The molecule has 3 rings (SSSR count). The number of halogens is 4. The van der Waals surface area contributed by atoms with Gasteiger partial charge in [0, 0.05) is 26.7 Å². The lowest BCUT2D eigenvalue weighted by Gasteiger charge is -2.31. The van der Waals surface area contributed by atoms with Crippen LogP contribution in [0.1, 0.15) is 18.7 Å². The fourth-order valence-electron chi connectivity index (χ4n) is 3.02. The van der Waals surface area contributed by atoms with Crippen LogP contribution in [0.2, 0.25) is 0 Å². The molecule has 3 heterocycles. The number of piperidine rings is 1. The Morgan fingerprint density at radius 2 is 2.06 bits per heavy atom. The van der Waals surface area contributed by atoms with Gasteiger partial charge in [-0.3, -0.25) is 10.1 Å². The van der Waals surface area contributed by atoms with Crippen LogP contribution in [0, 0.1) is 5.92 Å². The van der Waals surface area contributed by atoms with Gasteiger partial charge in [-0.15, -0.1) is 29.1 Å². The van der Waals surface area contributed by atoms with Gasteiger partial charge in [-0.05, 0) is 30.9 Å². The van der Waals surface area contributed by atoms with Crippen molar-refractivity contribution in [2.45, 2.75) is 24.9 Å². The first-order valence-electron chi connectivity index (χ1n) is 9.17. The van der Waals surface area contributed by atoms with Crippen LogP contribution in [0.4, 0.5) is 13.2 Å². The maximum absolute atomic E-state index is 12.6. The number of aromatic nitrogens is 3. The van der Waals surface area contributed by atoms with Crippen molar-refractivity contribution in [3.8, 4) is 11.6 Å². The largest absolute Gasteiger partial charge is 0.511 e. The molecular formula is C16H23F3IN7O3S. The highest BCUT2D eigenvalue weighted by molar-refractivity contribution is 14.0. The van der Waals surface area contributed by atoms with Crippen molar-refractivity contribution in [1.82, 2.24) is 30.1 Å². The van der Waals surface area contributed by atoms with Gasteiger partial charge < -0.3 is 15.1 Å². The molecule has 15 heteroatoms. The second-order valence-corrected chi connectivity index (χ2v) is 8.61. The quantitative estimate of drug-likeness (QED) is 0.272. The van der Waals surface area contributed by atoms with Crippen molar-refractivity contribution in [2.75, 3.05) is 26.7 Å². The molecule has 1 saturated heterocycles. The van der Waals surface area contributed by atoms with E-state index >= 15 is 0 Å². The molecule has 2 aromatic rings. The Morgan fingerprint density at radius 3 is 2.65 bits per heavy atom. The molecule has 0 saturated carbocycles. The molecule has 0 bridgehead atoms. The molecule has 0 unspecified atom stereocenters. The van der Waals surface area contributed by atoms with Gasteiger partial charge in [-0.2, -0.15) is 17.5 Å². The number of sulfonamides is 1. The molecule has 31 heavy (non-hydrogen) atoms. The number of guanidine groups is 1. The highest BCUT2D eigenvalue weighted by Crippen LogP contribution is 2.30. The molecule has 0 atom stereocenters. The van der Waals surface area contributed by atoms with Gasteiger partial charge in [0.1, 0.15) is 5.82 Å². The Morgan fingerprint density at radius 1 is 1.35 bits per heavy atom. The van der Waals surface area contributed by atoms with E-state index in [1.165, 1.54) is 6.26 Å². The molecule has 1 aliphatic heterocycles. The molecule has 0 aliphatic carbocycles. The van der Waals surface area contributed by atoms with Crippen molar-refractivity contribution >= 4 is 40.0 Å². The van der Waals surface area contributed by atoms with Crippen LogP contribution in [0.25, 0.3) is 11.6 Å². The first-order valence-corrected chi connectivity index (χ1v) is 10.6. The molecule has 1 aliphatic rings. The number of alkyl halides is 3. The summed E-state index contributed by atoms with van der Waals surface area (Å²) in [6, 6.07) is 3.48. The van der Waals surface area contributed by atoms with Crippen molar-refractivity contribution < 1.29 is 26.0 Å². The van der Waals surface area contributed by atoms with Gasteiger partial charge in [0.15, 0.2) is 11.7 Å². The number of hydrogen-bond donors (Lipinski definition) is 3. The first kappa shape index (κ1) is 25.4. The van der Waals surface area contributed by atoms with E-state index in [9.17, 15) is 21.6 Å². The van der Waals surface area contributed by atoms with Crippen LogP contribution >= 0.6 is 24.0 Å². The molecule has 2 aromatic heterocycles. The van der Waals surface area contributed by atoms with Crippen LogP contribution < -0.4 is 10.6 Å². The molecule has 0 radical (unpaired) electrons. The average Bonchev–Trinajstić information content (AvgIpc) is 3.39. The van der Waals surface area contributed by atoms with Gasteiger partial charge in [0.05, 0.1) is 12.8 Å². The van der Waals surface area contributed by atoms with E-state index in [4.69, 9.17) is 4.42 Å². The van der Waals surface area contributed by atoms with E-state index in [0.29, 0.717) is 53.6 Å². The number of nitrogens with one attached hydrogen (secondary N) is 3. The van der Waals surface area contributed by atoms with Crippen LogP contribution in [0.5, 0.6) is 0 Å². The third-order valence-corrected chi connectivity index (χ3v) is 6.31. The summed E-state index contributed by atoms with van der Waals surface area (Å²) in [7, 11) is -3.67. The number of rotatable bonds is 6.